The summed E-state index contributed by atoms with van der Waals surface area (Å²) in [6, 6.07) is 0. The number of aromatic nitrogens is 2. The predicted molar refractivity (Wildman–Crippen MR) is 79.3 cm³/mol. The van der Waals surface area contributed by atoms with Crippen molar-refractivity contribution in [1.82, 2.24) is 24.7 Å². The van der Waals surface area contributed by atoms with E-state index in [1.54, 1.807) is 0 Å². The van der Waals surface area contributed by atoms with E-state index in [0.29, 0.717) is 12.2 Å². The third kappa shape index (κ3) is 4.73. The Hall–Kier alpha value is -1.57. The van der Waals surface area contributed by atoms with Crippen molar-refractivity contribution in [2.75, 3.05) is 53.4 Å². The third-order valence-electron chi connectivity index (χ3n) is 3.73. The molecule has 21 heavy (non-hydrogen) atoms. The van der Waals surface area contributed by atoms with E-state index in [9.17, 15) is 4.79 Å². The minimum Gasteiger partial charge on any atom is -0.478 e. The van der Waals surface area contributed by atoms with Gasteiger partial charge in [0.25, 0.3) is 0 Å². The van der Waals surface area contributed by atoms with E-state index in [4.69, 9.17) is 5.11 Å². The van der Waals surface area contributed by atoms with Crippen LogP contribution in [-0.2, 0) is 6.54 Å². The molecule has 2 rings (SSSR count). The highest BCUT2D eigenvalue weighted by Gasteiger charge is 2.19. The van der Waals surface area contributed by atoms with Crippen LogP contribution in [0.25, 0.3) is 0 Å². The van der Waals surface area contributed by atoms with Crippen LogP contribution in [-0.4, -0.2) is 89.1 Å². The van der Waals surface area contributed by atoms with Gasteiger partial charge in [-0.3, -0.25) is 9.80 Å². The summed E-state index contributed by atoms with van der Waals surface area (Å²) in [5, 5.41) is 9.15. The molecule has 2 heterocycles. The van der Waals surface area contributed by atoms with Gasteiger partial charge in [0.1, 0.15) is 11.9 Å². The molecule has 0 atom stereocenters. The van der Waals surface area contributed by atoms with Crippen molar-refractivity contribution in [3.63, 3.8) is 0 Å². The lowest BCUT2D eigenvalue weighted by atomic mass is 10.2. The number of nitrogens with zero attached hydrogens (tertiary/aromatic N) is 5. The zero-order valence-electron chi connectivity index (χ0n) is 12.7. The van der Waals surface area contributed by atoms with Gasteiger partial charge >= 0.3 is 5.97 Å². The summed E-state index contributed by atoms with van der Waals surface area (Å²) < 4.78 is 0. The predicted octanol–water partition coefficient (Wildman–Crippen LogP) is -0.146. The van der Waals surface area contributed by atoms with Crippen LogP contribution in [0, 0.1) is 0 Å². The van der Waals surface area contributed by atoms with Gasteiger partial charge in [-0.15, -0.1) is 0 Å². The normalized spacial score (nSPS) is 17.3. The highest BCUT2D eigenvalue weighted by atomic mass is 16.4. The van der Waals surface area contributed by atoms with Crippen LogP contribution >= 0.6 is 0 Å². The Labute approximate surface area is 125 Å². The number of rotatable bonds is 6. The topological polar surface area (TPSA) is 72.8 Å². The molecule has 1 saturated heterocycles. The first-order valence-corrected chi connectivity index (χ1v) is 7.18. The second-order valence-electron chi connectivity index (χ2n) is 5.61. The first kappa shape index (κ1) is 15.8. The summed E-state index contributed by atoms with van der Waals surface area (Å²) >= 11 is 0. The first-order valence-electron chi connectivity index (χ1n) is 7.18. The summed E-state index contributed by atoms with van der Waals surface area (Å²) in [7, 11) is 4.16. The van der Waals surface area contributed by atoms with Crippen LogP contribution in [0.5, 0.6) is 0 Å². The van der Waals surface area contributed by atoms with Crippen molar-refractivity contribution in [2.45, 2.75) is 6.54 Å². The summed E-state index contributed by atoms with van der Waals surface area (Å²) in [6.07, 6.45) is 2.78. The monoisotopic (exact) mass is 293 g/mol. The second kappa shape index (κ2) is 7.44. The van der Waals surface area contributed by atoms with Crippen LogP contribution in [0.4, 0.5) is 0 Å². The van der Waals surface area contributed by atoms with Crippen LogP contribution in [0.15, 0.2) is 12.5 Å². The Bertz CT molecular complexity index is 472. The van der Waals surface area contributed by atoms with Crippen molar-refractivity contribution in [1.29, 1.82) is 0 Å². The molecule has 0 aliphatic carbocycles. The van der Waals surface area contributed by atoms with Crippen molar-refractivity contribution >= 4 is 5.97 Å². The number of carboxylic acid groups (broad SMARTS) is 1. The van der Waals surface area contributed by atoms with Gasteiger partial charge < -0.3 is 10.0 Å². The van der Waals surface area contributed by atoms with Crippen LogP contribution < -0.4 is 0 Å². The minimum absolute atomic E-state index is 0.201. The first-order chi connectivity index (χ1) is 10.1. The number of hydrogen-bond acceptors (Lipinski definition) is 6. The summed E-state index contributed by atoms with van der Waals surface area (Å²) in [4.78, 5) is 25.9. The molecule has 1 aromatic rings. The number of likely N-dealkylation sites (N-methyl/N-ethyl adjacent to an activating group) is 1. The molecule has 7 heteroatoms. The van der Waals surface area contributed by atoms with E-state index in [-0.39, 0.29) is 5.56 Å². The van der Waals surface area contributed by atoms with Crippen LogP contribution in [0.3, 0.4) is 0 Å². The molecule has 0 aromatic carbocycles. The zero-order chi connectivity index (χ0) is 15.2. The lowest BCUT2D eigenvalue weighted by molar-refractivity contribution is 0.0691. The number of carbonyl (C=O) groups is 1. The molecule has 1 N–H and O–H groups in total. The number of aromatic carboxylic acids is 1. The van der Waals surface area contributed by atoms with E-state index < -0.39 is 5.97 Å². The fourth-order valence-corrected chi connectivity index (χ4v) is 2.38. The van der Waals surface area contributed by atoms with Crippen molar-refractivity contribution in [3.05, 3.63) is 23.8 Å². The van der Waals surface area contributed by atoms with Crippen molar-refractivity contribution in [3.8, 4) is 0 Å². The molecule has 1 aliphatic rings. The molecule has 0 saturated carbocycles. The fraction of sp³-hybridized carbons (Fsp3) is 0.643. The lowest BCUT2D eigenvalue weighted by Gasteiger charge is -2.35. The van der Waals surface area contributed by atoms with Gasteiger partial charge in [-0.2, -0.15) is 0 Å². The fourth-order valence-electron chi connectivity index (χ4n) is 2.38. The van der Waals surface area contributed by atoms with Crippen molar-refractivity contribution < 1.29 is 9.90 Å². The van der Waals surface area contributed by atoms with Gasteiger partial charge in [0.2, 0.25) is 0 Å². The van der Waals surface area contributed by atoms with Gasteiger partial charge in [0, 0.05) is 52.0 Å². The summed E-state index contributed by atoms with van der Waals surface area (Å²) in [5.41, 5.74) is 0.798. The standard InChI is InChI=1S/C14H23N5O2/c1-17(2)3-4-18-5-7-19(8-6-18)10-13-12(14(20)21)9-15-11-16-13/h9,11H,3-8,10H2,1-2H3,(H,20,21). The Morgan fingerprint density at radius 2 is 1.95 bits per heavy atom. The van der Waals surface area contributed by atoms with Crippen molar-refractivity contribution in [2.24, 2.45) is 0 Å². The molecule has 0 radical (unpaired) electrons. The molecule has 0 spiro atoms. The quantitative estimate of drug-likeness (QED) is 0.782. The lowest BCUT2D eigenvalue weighted by Crippen LogP contribution is -2.47. The minimum atomic E-state index is -0.963. The highest BCUT2D eigenvalue weighted by molar-refractivity contribution is 5.88. The average molecular weight is 293 g/mol. The molecule has 116 valence electrons. The third-order valence-corrected chi connectivity index (χ3v) is 3.73. The van der Waals surface area contributed by atoms with Crippen LogP contribution in [0.2, 0.25) is 0 Å². The largest absolute Gasteiger partial charge is 0.478 e. The van der Waals surface area contributed by atoms with Crippen LogP contribution in [0.1, 0.15) is 16.1 Å². The SMILES string of the molecule is CN(C)CCN1CCN(Cc2ncncc2C(=O)O)CC1. The van der Waals surface area contributed by atoms with E-state index in [2.05, 4.69) is 38.8 Å². The molecule has 7 nitrogen and oxygen atoms in total. The van der Waals surface area contributed by atoms with E-state index in [0.717, 1.165) is 39.3 Å². The summed E-state index contributed by atoms with van der Waals surface area (Å²) in [6.45, 7) is 6.63. The number of piperazine rings is 1. The smallest absolute Gasteiger partial charge is 0.339 e. The van der Waals surface area contributed by atoms with Gasteiger partial charge in [-0.05, 0) is 14.1 Å². The molecule has 0 amide bonds. The maximum atomic E-state index is 11.2. The Balaban J connectivity index is 1.85. The Morgan fingerprint density at radius 1 is 1.29 bits per heavy atom. The highest BCUT2D eigenvalue weighted by Crippen LogP contribution is 2.10. The summed E-state index contributed by atoms with van der Waals surface area (Å²) in [5.74, 6) is -0.963. The van der Waals surface area contributed by atoms with Gasteiger partial charge in [0.05, 0.1) is 5.69 Å². The number of hydrogen-bond donors (Lipinski definition) is 1. The second-order valence-corrected chi connectivity index (χ2v) is 5.61. The average Bonchev–Trinajstić information content (AvgIpc) is 2.47. The van der Waals surface area contributed by atoms with E-state index >= 15 is 0 Å². The van der Waals surface area contributed by atoms with Gasteiger partial charge in [-0.1, -0.05) is 0 Å². The Kier molecular flexibility index (Phi) is 5.60. The Morgan fingerprint density at radius 3 is 2.57 bits per heavy atom. The zero-order valence-corrected chi connectivity index (χ0v) is 12.7. The number of carboxylic acids is 1. The van der Waals surface area contributed by atoms with E-state index in [1.165, 1.54) is 12.5 Å². The van der Waals surface area contributed by atoms with Gasteiger partial charge in [-0.25, -0.2) is 14.8 Å². The maximum absolute atomic E-state index is 11.2. The molecule has 0 unspecified atom stereocenters. The molecule has 1 aromatic heterocycles. The van der Waals surface area contributed by atoms with Gasteiger partial charge in [0.15, 0.2) is 0 Å². The molecule has 1 aliphatic heterocycles. The maximum Gasteiger partial charge on any atom is 0.339 e. The molecular weight excluding hydrogens is 270 g/mol. The van der Waals surface area contributed by atoms with E-state index in [1.807, 2.05) is 0 Å². The molecule has 0 bridgehead atoms. The molecule has 1 fully saturated rings. The molecular formula is C14H23N5O2.